The van der Waals surface area contributed by atoms with Crippen LogP contribution in [-0.2, 0) is 24.4 Å². The molecule has 3 fully saturated rings. The first kappa shape index (κ1) is 39.6. The topological polar surface area (TPSA) is 197 Å². The molecule has 1 aliphatic heterocycles. The van der Waals surface area contributed by atoms with E-state index in [1.165, 1.54) is 16.2 Å². The van der Waals surface area contributed by atoms with Gasteiger partial charge in [0, 0.05) is 34.7 Å². The van der Waals surface area contributed by atoms with E-state index < -0.39 is 44.8 Å². The van der Waals surface area contributed by atoms with Crippen LogP contribution in [0.5, 0.6) is 11.5 Å². The zero-order valence-electron chi connectivity index (χ0n) is 31.7. The first-order valence-electron chi connectivity index (χ1n) is 18.8. The van der Waals surface area contributed by atoms with E-state index in [2.05, 4.69) is 18.6 Å². The van der Waals surface area contributed by atoms with Crippen LogP contribution >= 0.6 is 11.3 Å². The Hall–Kier alpha value is -4.08. The summed E-state index contributed by atoms with van der Waals surface area (Å²) in [4.78, 5) is 49.8. The van der Waals surface area contributed by atoms with Gasteiger partial charge in [-0.05, 0) is 76.3 Å². The summed E-state index contributed by atoms with van der Waals surface area (Å²) in [6, 6.07) is 4.01. The molecule has 3 heterocycles. The lowest BCUT2D eigenvalue weighted by molar-refractivity contribution is -0.138. The molecule has 5 unspecified atom stereocenters. The van der Waals surface area contributed by atoms with Crippen LogP contribution in [-0.4, -0.2) is 77.6 Å². The predicted molar refractivity (Wildman–Crippen MR) is 208 cm³/mol. The molecule has 3 aliphatic rings. The molecule has 5 N–H and O–H groups in total. The molecule has 1 saturated heterocycles. The first-order valence-corrected chi connectivity index (χ1v) is 21.2. The highest BCUT2D eigenvalue weighted by molar-refractivity contribution is 7.91. The maximum atomic E-state index is 13.6. The fourth-order valence-corrected chi connectivity index (χ4v) is 9.21. The number of ether oxygens (including phenoxy) is 2. The molecular formula is C39H52N6O7S2. The van der Waals surface area contributed by atoms with Gasteiger partial charge in [0.25, 0.3) is 0 Å². The largest absolute Gasteiger partial charge is 0.496 e. The van der Waals surface area contributed by atoms with Gasteiger partial charge in [-0.3, -0.25) is 19.1 Å². The number of likely N-dealkylation sites (tertiary alicyclic amines) is 1. The highest BCUT2D eigenvalue weighted by Gasteiger charge is 2.52. The van der Waals surface area contributed by atoms with E-state index in [1.54, 1.807) is 14.0 Å². The van der Waals surface area contributed by atoms with Gasteiger partial charge in [0.05, 0.1) is 35.7 Å². The average molecular weight is 781 g/mol. The van der Waals surface area contributed by atoms with E-state index in [4.69, 9.17) is 30.9 Å². The van der Waals surface area contributed by atoms with E-state index in [1.807, 2.05) is 42.7 Å². The number of sulfonamides is 1. The Morgan fingerprint density at radius 2 is 1.89 bits per heavy atom. The van der Waals surface area contributed by atoms with Crippen molar-refractivity contribution in [2.24, 2.45) is 23.3 Å². The van der Waals surface area contributed by atoms with Gasteiger partial charge in [-0.1, -0.05) is 38.8 Å². The van der Waals surface area contributed by atoms with E-state index in [-0.39, 0.29) is 36.6 Å². The Labute approximate surface area is 321 Å². The SMILES string of the molecule is COc1ccc2c(OC3CC(C(N)=O)N(C(=O)C(N)CCCCCC=CC4CC4C(=O)NS(=O)(=O)C4(C)CC4)C3)cc(-c3nc(C(C)C)cs3)nc2c1C. The van der Waals surface area contributed by atoms with Gasteiger partial charge >= 0.3 is 0 Å². The lowest BCUT2D eigenvalue weighted by Gasteiger charge is -2.25. The zero-order chi connectivity index (χ0) is 38.9. The van der Waals surface area contributed by atoms with Crippen molar-refractivity contribution in [3.05, 3.63) is 47.0 Å². The number of nitrogens with two attached hydrogens (primary N) is 2. The third kappa shape index (κ3) is 8.57. The molecule has 3 amide bonds. The Balaban J connectivity index is 1.02. The monoisotopic (exact) mass is 780 g/mol. The van der Waals surface area contributed by atoms with Crippen molar-refractivity contribution >= 4 is 50.0 Å². The average Bonchev–Trinajstić information content (AvgIpc) is 3.96. The molecule has 2 saturated carbocycles. The maximum Gasteiger partial charge on any atom is 0.240 e. The van der Waals surface area contributed by atoms with Gasteiger partial charge in [0.2, 0.25) is 27.7 Å². The van der Waals surface area contributed by atoms with E-state index in [9.17, 15) is 22.8 Å². The molecule has 0 radical (unpaired) electrons. The number of hydrogen-bond donors (Lipinski definition) is 3. The summed E-state index contributed by atoms with van der Waals surface area (Å²) in [6.45, 7) is 7.96. The fraction of sp³-hybridized carbons (Fsp3) is 0.564. The van der Waals surface area contributed by atoms with Crippen LogP contribution in [0.4, 0.5) is 0 Å². The molecule has 1 aromatic carbocycles. The Kier molecular flexibility index (Phi) is 11.7. The standard InChI is InChI=1S/C39H52N6O7S2/c1-22(2)30-21-53-37(43-30)29-19-33(26-13-14-32(51-5)23(3)34(26)42-29)52-25-18-31(35(41)46)45(20-25)38(48)28(40)12-10-8-6-7-9-11-24-17-27(24)36(47)44-54(49,50)39(4)15-16-39/h9,11,13-14,19,21-22,24-25,27-28,31H,6-8,10,12,15-18,20,40H2,1-5H3,(H2,41,46)(H,44,47). The lowest BCUT2D eigenvalue weighted by atomic mass is 10.1. The molecule has 15 heteroatoms. The molecule has 13 nitrogen and oxygen atoms in total. The van der Waals surface area contributed by atoms with Crippen LogP contribution in [0.3, 0.4) is 0 Å². The smallest absolute Gasteiger partial charge is 0.240 e. The van der Waals surface area contributed by atoms with Crippen molar-refractivity contribution in [2.45, 2.75) is 114 Å². The number of allylic oxidation sites excluding steroid dienone is 2. The predicted octanol–water partition coefficient (Wildman–Crippen LogP) is 5.10. The van der Waals surface area contributed by atoms with Crippen LogP contribution in [0.1, 0.15) is 95.7 Å². The van der Waals surface area contributed by atoms with Gasteiger partial charge < -0.3 is 25.8 Å². The van der Waals surface area contributed by atoms with Crippen molar-refractivity contribution in [1.29, 1.82) is 0 Å². The molecular weight excluding hydrogens is 729 g/mol. The van der Waals surface area contributed by atoms with Crippen LogP contribution < -0.4 is 25.7 Å². The number of hydrogen-bond acceptors (Lipinski definition) is 11. The number of thiazole rings is 1. The summed E-state index contributed by atoms with van der Waals surface area (Å²) < 4.78 is 38.3. The van der Waals surface area contributed by atoms with E-state index >= 15 is 0 Å². The maximum absolute atomic E-state index is 13.6. The summed E-state index contributed by atoms with van der Waals surface area (Å²) >= 11 is 1.52. The third-order valence-electron chi connectivity index (χ3n) is 11.0. The number of carbonyl (C=O) groups excluding carboxylic acids is 3. The Morgan fingerprint density at radius 3 is 2.56 bits per heavy atom. The number of pyridine rings is 1. The summed E-state index contributed by atoms with van der Waals surface area (Å²) in [5, 5.41) is 3.58. The highest BCUT2D eigenvalue weighted by Crippen LogP contribution is 2.44. The molecule has 292 valence electrons. The van der Waals surface area contributed by atoms with Crippen LogP contribution in [0, 0.1) is 18.8 Å². The number of rotatable bonds is 17. The molecule has 3 aromatic rings. The van der Waals surface area contributed by atoms with Gasteiger partial charge in [0.15, 0.2) is 0 Å². The molecule has 54 heavy (non-hydrogen) atoms. The molecule has 5 atom stereocenters. The van der Waals surface area contributed by atoms with E-state index in [0.29, 0.717) is 48.4 Å². The quantitative estimate of drug-likeness (QED) is 0.122. The van der Waals surface area contributed by atoms with Gasteiger partial charge in [0.1, 0.15) is 34.3 Å². The number of aromatic nitrogens is 2. The van der Waals surface area contributed by atoms with Gasteiger partial charge in [-0.25, -0.2) is 18.4 Å². The summed E-state index contributed by atoms with van der Waals surface area (Å²) in [6.07, 6.45) is 9.31. The van der Waals surface area contributed by atoms with Crippen LogP contribution in [0.2, 0.25) is 0 Å². The molecule has 2 aromatic heterocycles. The van der Waals surface area contributed by atoms with Crippen molar-refractivity contribution in [1.82, 2.24) is 19.6 Å². The van der Waals surface area contributed by atoms with Crippen molar-refractivity contribution in [3.63, 3.8) is 0 Å². The minimum atomic E-state index is -3.61. The Morgan fingerprint density at radius 1 is 1.13 bits per heavy atom. The number of amides is 3. The van der Waals surface area contributed by atoms with Crippen LogP contribution in [0.15, 0.2) is 35.7 Å². The summed E-state index contributed by atoms with van der Waals surface area (Å²) in [7, 11) is -1.99. The van der Waals surface area contributed by atoms with Crippen LogP contribution in [0.25, 0.3) is 21.6 Å². The second-order valence-corrected chi connectivity index (χ2v) is 18.6. The number of unbranched alkanes of at least 4 members (excludes halogenated alkanes) is 3. The third-order valence-corrected chi connectivity index (χ3v) is 14.0. The van der Waals surface area contributed by atoms with E-state index in [0.717, 1.165) is 47.3 Å². The minimum absolute atomic E-state index is 0.0626. The molecule has 2 aliphatic carbocycles. The van der Waals surface area contributed by atoms with Crippen molar-refractivity contribution in [2.75, 3.05) is 13.7 Å². The minimum Gasteiger partial charge on any atom is -0.496 e. The number of primary amides is 1. The zero-order valence-corrected chi connectivity index (χ0v) is 33.3. The van der Waals surface area contributed by atoms with Gasteiger partial charge in [-0.2, -0.15) is 0 Å². The number of methoxy groups -OCH3 is 1. The van der Waals surface area contributed by atoms with Gasteiger partial charge in [-0.15, -0.1) is 11.3 Å². The first-order chi connectivity index (χ1) is 25.6. The van der Waals surface area contributed by atoms with Crippen molar-refractivity contribution < 1.29 is 32.3 Å². The lowest BCUT2D eigenvalue weighted by Crippen LogP contribution is -2.50. The molecule has 0 bridgehead atoms. The number of nitrogens with one attached hydrogen (secondary N) is 1. The summed E-state index contributed by atoms with van der Waals surface area (Å²) in [5.74, 6) is -0.0361. The Bertz CT molecular complexity index is 2040. The number of carbonyl (C=O) groups is 3. The molecule has 6 rings (SSSR count). The second kappa shape index (κ2) is 16.0. The van der Waals surface area contributed by atoms with Crippen molar-refractivity contribution in [3.8, 4) is 22.2 Å². The fourth-order valence-electron chi connectivity index (χ4n) is 6.97. The highest BCUT2D eigenvalue weighted by atomic mass is 32.2. The molecule has 0 spiro atoms. The number of nitrogens with zero attached hydrogens (tertiary/aromatic N) is 3. The summed E-state index contributed by atoms with van der Waals surface area (Å²) in [5.41, 5.74) is 15.4. The number of benzene rings is 1. The number of aryl methyl sites for hydroxylation is 1. The normalized spacial score (nSPS) is 22.5. The second-order valence-electron chi connectivity index (χ2n) is 15.5. The number of fused-ring (bicyclic) bond motifs is 1.